The summed E-state index contributed by atoms with van der Waals surface area (Å²) in [5, 5.41) is 19.9. The number of carbonyl (C=O) groups excluding carboxylic acids is 4. The molecule has 2 N–H and O–H groups in total. The van der Waals surface area contributed by atoms with Crippen LogP contribution >= 0.6 is 12.2 Å². The number of para-hydroxylation sites is 1. The van der Waals surface area contributed by atoms with E-state index in [1.54, 1.807) is 43.8 Å². The number of imide groups is 1. The average molecular weight is 850 g/mol. The van der Waals surface area contributed by atoms with Crippen LogP contribution in [0.15, 0.2) is 36.4 Å². The summed E-state index contributed by atoms with van der Waals surface area (Å²) in [6.45, 7) is 11.0. The lowest BCUT2D eigenvalue weighted by atomic mass is 9.87. The highest BCUT2D eigenvalue weighted by molar-refractivity contribution is 7.80. The molecule has 1 unspecified atom stereocenters. The van der Waals surface area contributed by atoms with Gasteiger partial charge in [-0.3, -0.25) is 39.1 Å². The van der Waals surface area contributed by atoms with Gasteiger partial charge in [0.15, 0.2) is 11.6 Å². The monoisotopic (exact) mass is 849 g/mol. The number of rotatable bonds is 10. The molecule has 1 aromatic heterocycles. The summed E-state index contributed by atoms with van der Waals surface area (Å²) in [6.07, 6.45) is -1.59. The van der Waals surface area contributed by atoms with E-state index in [0.717, 1.165) is 57.5 Å². The smallest absolute Gasteiger partial charge is 0.377 e. The van der Waals surface area contributed by atoms with E-state index in [-0.39, 0.29) is 66.9 Å². The molecular weight excluding hydrogens is 800 g/mol. The first kappa shape index (κ1) is 43.1. The van der Waals surface area contributed by atoms with Crippen molar-refractivity contribution in [3.63, 3.8) is 0 Å². The summed E-state index contributed by atoms with van der Waals surface area (Å²) < 4.78 is 49.3. The number of halogens is 3. The first-order valence-electron chi connectivity index (χ1n) is 20.3. The molecule has 1 saturated carbocycles. The van der Waals surface area contributed by atoms with Gasteiger partial charge in [0.05, 0.1) is 64.1 Å². The number of anilines is 2. The molecule has 3 aromatic rings. The molecule has 7 rings (SSSR count). The number of aromatic nitrogens is 2. The molecule has 0 bridgehead atoms. The third-order valence-corrected chi connectivity index (χ3v) is 12.9. The van der Waals surface area contributed by atoms with Crippen molar-refractivity contribution in [3.8, 4) is 6.07 Å². The Kier molecular flexibility index (Phi) is 12.1. The van der Waals surface area contributed by atoms with E-state index in [1.807, 2.05) is 11.0 Å². The quantitative estimate of drug-likeness (QED) is 0.254. The molecule has 60 heavy (non-hydrogen) atoms. The summed E-state index contributed by atoms with van der Waals surface area (Å²) in [4.78, 5) is 59.7. The number of ketones is 1. The topological polar surface area (TPSA) is 156 Å². The van der Waals surface area contributed by atoms with Crippen LogP contribution in [0.1, 0.15) is 82.4 Å². The summed E-state index contributed by atoms with van der Waals surface area (Å²) >= 11 is 5.82. The fourth-order valence-electron chi connectivity index (χ4n) is 9.52. The van der Waals surface area contributed by atoms with Crippen LogP contribution in [0.25, 0.3) is 10.9 Å². The summed E-state index contributed by atoms with van der Waals surface area (Å²) in [5.41, 5.74) is -1.17. The maximum absolute atomic E-state index is 13.8. The maximum Gasteiger partial charge on any atom is 0.417 e. The van der Waals surface area contributed by atoms with Gasteiger partial charge < -0.3 is 15.0 Å². The van der Waals surface area contributed by atoms with E-state index in [4.69, 9.17) is 17.0 Å². The van der Waals surface area contributed by atoms with Crippen molar-refractivity contribution in [2.24, 2.45) is 7.05 Å². The summed E-state index contributed by atoms with van der Waals surface area (Å²) in [5.74, 6) is -1.33. The molecule has 3 atom stereocenters. The molecule has 2 aromatic carbocycles. The largest absolute Gasteiger partial charge is 0.417 e. The number of benzene rings is 2. The van der Waals surface area contributed by atoms with Gasteiger partial charge in [-0.05, 0) is 83.2 Å². The highest BCUT2D eigenvalue weighted by Gasteiger charge is 2.53. The molecule has 4 heterocycles. The molecule has 4 amide bonds. The fraction of sp³-hybridized carbons (Fsp3) is 0.548. The number of nitrogens with zero attached hydrogens (tertiary/aromatic N) is 7. The molecule has 14 nitrogen and oxygen atoms in total. The Bertz CT molecular complexity index is 2240. The van der Waals surface area contributed by atoms with Gasteiger partial charge in [0.1, 0.15) is 0 Å². The van der Waals surface area contributed by atoms with Crippen LogP contribution < -0.4 is 15.5 Å². The van der Waals surface area contributed by atoms with E-state index in [1.165, 1.54) is 11.0 Å². The van der Waals surface area contributed by atoms with Gasteiger partial charge in [-0.25, -0.2) is 4.79 Å². The van der Waals surface area contributed by atoms with Crippen molar-refractivity contribution in [3.05, 3.63) is 53.1 Å². The number of thiocarbonyl (C=S) groups is 1. The van der Waals surface area contributed by atoms with E-state index >= 15 is 0 Å². The number of urea groups is 1. The van der Waals surface area contributed by atoms with E-state index in [0.29, 0.717) is 34.0 Å². The van der Waals surface area contributed by atoms with Gasteiger partial charge in [0.25, 0.3) is 0 Å². The molecule has 0 spiro atoms. The van der Waals surface area contributed by atoms with Crippen LogP contribution in [0, 0.1) is 11.3 Å². The third-order valence-electron chi connectivity index (χ3n) is 12.5. The van der Waals surface area contributed by atoms with E-state index in [9.17, 15) is 37.6 Å². The number of likely N-dealkylation sites (tertiary alicyclic amines) is 1. The van der Waals surface area contributed by atoms with Crippen LogP contribution in [0.4, 0.5) is 29.5 Å². The Morgan fingerprint density at radius 1 is 1.08 bits per heavy atom. The van der Waals surface area contributed by atoms with Crippen LogP contribution in [0.5, 0.6) is 0 Å². The Balaban J connectivity index is 0.884. The highest BCUT2D eigenvalue weighted by Crippen LogP contribution is 2.44. The molecule has 4 fully saturated rings. The highest BCUT2D eigenvalue weighted by atomic mass is 32.1. The van der Waals surface area contributed by atoms with E-state index < -0.39 is 34.8 Å². The number of alkyl halides is 3. The molecule has 18 heteroatoms. The molecule has 0 radical (unpaired) electrons. The van der Waals surface area contributed by atoms with E-state index in [2.05, 4.69) is 39.4 Å². The van der Waals surface area contributed by atoms with Gasteiger partial charge in [0, 0.05) is 63.2 Å². The van der Waals surface area contributed by atoms with Crippen molar-refractivity contribution in [1.29, 1.82) is 5.26 Å². The van der Waals surface area contributed by atoms with Crippen LogP contribution in [0.3, 0.4) is 0 Å². The minimum atomic E-state index is -4.74. The normalized spacial score (nSPS) is 25.5. The lowest BCUT2D eigenvalue weighted by Crippen LogP contribution is -2.58. The third kappa shape index (κ3) is 8.37. The van der Waals surface area contributed by atoms with Crippen molar-refractivity contribution < 1.29 is 37.1 Å². The molecule has 4 aliphatic rings. The van der Waals surface area contributed by atoms with Gasteiger partial charge in [-0.1, -0.05) is 24.4 Å². The SMILES string of the molecule is C[C@@H]1CN(CCOC2CCC(N3C(=S)C(c4ccc(C#N)c(C(F)(F)F)c4)C(=O)C3(C)C)CC2)C[C@H](C)N1CC(=O)Nc1cccc2c(N3CCC(=O)NC3=O)nn(C)c12. The Labute approximate surface area is 351 Å². The van der Waals surface area contributed by atoms with Crippen LogP contribution in [-0.2, 0) is 32.3 Å². The number of fused-ring (bicyclic) bond motifs is 1. The number of nitriles is 1. The Morgan fingerprint density at radius 3 is 2.43 bits per heavy atom. The van der Waals surface area contributed by atoms with Gasteiger partial charge in [0.2, 0.25) is 11.8 Å². The average Bonchev–Trinajstić information content (AvgIpc) is 3.61. The molecule has 3 aliphatic heterocycles. The lowest BCUT2D eigenvalue weighted by molar-refractivity contribution is -0.138. The van der Waals surface area contributed by atoms with Crippen molar-refractivity contribution in [2.45, 2.75) is 102 Å². The predicted octanol–water partition coefficient (Wildman–Crippen LogP) is 5.35. The predicted molar refractivity (Wildman–Crippen MR) is 221 cm³/mol. The maximum atomic E-state index is 13.8. The number of Topliss-reactive ketones (excluding diaryl/α,β-unsaturated/α-hetero) is 1. The van der Waals surface area contributed by atoms with Crippen molar-refractivity contribution in [1.82, 2.24) is 29.8 Å². The number of nitrogens with one attached hydrogen (secondary N) is 2. The second-order valence-corrected chi connectivity index (χ2v) is 17.3. The Morgan fingerprint density at radius 2 is 1.78 bits per heavy atom. The minimum Gasteiger partial charge on any atom is -0.377 e. The van der Waals surface area contributed by atoms with Gasteiger partial charge in [-0.15, -0.1) is 0 Å². The molecule has 3 saturated heterocycles. The van der Waals surface area contributed by atoms with Gasteiger partial charge >= 0.3 is 12.2 Å². The zero-order chi connectivity index (χ0) is 43.3. The first-order valence-corrected chi connectivity index (χ1v) is 20.7. The summed E-state index contributed by atoms with van der Waals surface area (Å²) in [7, 11) is 1.75. The second kappa shape index (κ2) is 16.8. The number of piperazine rings is 1. The number of carbonyl (C=O) groups is 4. The summed E-state index contributed by atoms with van der Waals surface area (Å²) in [6, 6.07) is 10.0. The second-order valence-electron chi connectivity index (χ2n) is 16.9. The fourth-order valence-corrected chi connectivity index (χ4v) is 10.1. The standard InChI is InChI=1S/C42H50F3N9O5S/c1-24-21-51(22-25(2)53(24)23-34(56)47-32-8-6-7-30-36(32)50(5)49-38(30)52-16-15-33(55)48-40(52)58)17-18-59-29-13-11-28(12-14-29)54-39(60)35(37(57)41(54,3)4)26-9-10-27(20-46)31(19-26)42(43,44)45/h6-10,19,24-25,28-29,35H,11-18,21-23H2,1-5H3,(H,47,56)(H,48,55,58)/t24-,25+,28?,29?,35?. The van der Waals surface area contributed by atoms with Crippen molar-refractivity contribution >= 4 is 63.2 Å². The molecule has 320 valence electrons. The van der Waals surface area contributed by atoms with Crippen LogP contribution in [0.2, 0.25) is 0 Å². The first-order chi connectivity index (χ1) is 28.4. The number of hydrogen-bond donors (Lipinski definition) is 2. The van der Waals surface area contributed by atoms with Crippen LogP contribution in [-0.4, -0.2) is 122 Å². The zero-order valence-electron chi connectivity index (χ0n) is 34.3. The molecular formula is C42H50F3N9O5S. The Hall–Kier alpha value is -4.96. The molecule has 1 aliphatic carbocycles. The minimum absolute atomic E-state index is 0.0286. The lowest BCUT2D eigenvalue weighted by Gasteiger charge is -2.44. The number of amides is 4. The number of ether oxygens (including phenoxy) is 1. The number of aryl methyl sites for hydroxylation is 1. The van der Waals surface area contributed by atoms with Gasteiger partial charge in [-0.2, -0.15) is 23.5 Å². The number of hydrogen-bond acceptors (Lipinski definition) is 10. The zero-order valence-corrected chi connectivity index (χ0v) is 35.2. The van der Waals surface area contributed by atoms with Crippen molar-refractivity contribution in [2.75, 3.05) is 49.5 Å².